The SMILES string of the molecule is CC(CCCN)CNCc1cncs1. The van der Waals surface area contributed by atoms with Crippen molar-refractivity contribution in [3.8, 4) is 0 Å². The summed E-state index contributed by atoms with van der Waals surface area (Å²) in [7, 11) is 0. The second-order valence-electron chi connectivity index (χ2n) is 3.63. The Morgan fingerprint density at radius 2 is 2.50 bits per heavy atom. The lowest BCUT2D eigenvalue weighted by molar-refractivity contribution is 0.470. The summed E-state index contributed by atoms with van der Waals surface area (Å²) in [5.41, 5.74) is 7.33. The molecule has 0 aliphatic rings. The van der Waals surface area contributed by atoms with E-state index >= 15 is 0 Å². The fraction of sp³-hybridized carbons (Fsp3) is 0.700. The summed E-state index contributed by atoms with van der Waals surface area (Å²) in [6, 6.07) is 0. The molecule has 1 aromatic heterocycles. The molecule has 3 N–H and O–H groups in total. The lowest BCUT2D eigenvalue weighted by Crippen LogP contribution is -2.20. The molecule has 0 amide bonds. The van der Waals surface area contributed by atoms with Crippen molar-refractivity contribution < 1.29 is 0 Å². The van der Waals surface area contributed by atoms with Crippen LogP contribution in [0.4, 0.5) is 0 Å². The van der Waals surface area contributed by atoms with E-state index in [1.165, 1.54) is 11.3 Å². The van der Waals surface area contributed by atoms with E-state index in [1.807, 2.05) is 11.7 Å². The Labute approximate surface area is 89.7 Å². The van der Waals surface area contributed by atoms with Crippen LogP contribution < -0.4 is 11.1 Å². The Morgan fingerprint density at radius 3 is 3.14 bits per heavy atom. The van der Waals surface area contributed by atoms with Gasteiger partial charge in [0.1, 0.15) is 0 Å². The molecule has 0 bridgehead atoms. The first kappa shape index (κ1) is 11.6. The van der Waals surface area contributed by atoms with Gasteiger partial charge in [0.2, 0.25) is 0 Å². The zero-order valence-corrected chi connectivity index (χ0v) is 9.52. The first-order chi connectivity index (χ1) is 6.83. The molecular formula is C10H19N3S. The molecule has 0 saturated carbocycles. The normalized spacial score (nSPS) is 13.0. The predicted octanol–water partition coefficient (Wildman–Crippen LogP) is 1.61. The number of nitrogens with zero attached hydrogens (tertiary/aromatic N) is 1. The van der Waals surface area contributed by atoms with Gasteiger partial charge in [-0.05, 0) is 31.8 Å². The maximum Gasteiger partial charge on any atom is 0.0794 e. The summed E-state index contributed by atoms with van der Waals surface area (Å²) in [5, 5.41) is 3.43. The van der Waals surface area contributed by atoms with Gasteiger partial charge in [0.25, 0.3) is 0 Å². The quantitative estimate of drug-likeness (QED) is 0.723. The van der Waals surface area contributed by atoms with Crippen LogP contribution in [0.1, 0.15) is 24.6 Å². The second-order valence-corrected chi connectivity index (χ2v) is 4.61. The van der Waals surface area contributed by atoms with Gasteiger partial charge in [-0.1, -0.05) is 6.92 Å². The zero-order chi connectivity index (χ0) is 10.2. The Kier molecular flexibility index (Phi) is 5.75. The molecule has 80 valence electrons. The molecule has 1 atom stereocenters. The highest BCUT2D eigenvalue weighted by molar-refractivity contribution is 7.09. The number of nitrogens with two attached hydrogens (primary N) is 1. The average molecular weight is 213 g/mol. The van der Waals surface area contributed by atoms with Gasteiger partial charge in [0.15, 0.2) is 0 Å². The summed E-state index contributed by atoms with van der Waals surface area (Å²) < 4.78 is 0. The third-order valence-corrected chi connectivity index (χ3v) is 2.96. The van der Waals surface area contributed by atoms with Crippen LogP contribution in [0.5, 0.6) is 0 Å². The molecule has 1 rings (SSSR count). The molecule has 0 spiro atoms. The molecule has 4 heteroatoms. The smallest absolute Gasteiger partial charge is 0.0794 e. The summed E-state index contributed by atoms with van der Waals surface area (Å²) in [6.45, 7) is 5.07. The minimum absolute atomic E-state index is 0.714. The van der Waals surface area contributed by atoms with E-state index in [2.05, 4.69) is 17.2 Å². The highest BCUT2D eigenvalue weighted by atomic mass is 32.1. The Hall–Kier alpha value is -0.450. The van der Waals surface area contributed by atoms with Crippen molar-refractivity contribution in [3.05, 3.63) is 16.6 Å². The van der Waals surface area contributed by atoms with E-state index in [-0.39, 0.29) is 0 Å². The lowest BCUT2D eigenvalue weighted by atomic mass is 10.1. The van der Waals surface area contributed by atoms with Crippen molar-refractivity contribution in [2.45, 2.75) is 26.3 Å². The number of rotatable bonds is 7. The van der Waals surface area contributed by atoms with Gasteiger partial charge in [-0.25, -0.2) is 0 Å². The number of hydrogen-bond donors (Lipinski definition) is 2. The number of hydrogen-bond acceptors (Lipinski definition) is 4. The highest BCUT2D eigenvalue weighted by Gasteiger charge is 2.01. The van der Waals surface area contributed by atoms with Gasteiger partial charge >= 0.3 is 0 Å². The van der Waals surface area contributed by atoms with Crippen LogP contribution in [0.3, 0.4) is 0 Å². The van der Waals surface area contributed by atoms with Crippen molar-refractivity contribution in [2.75, 3.05) is 13.1 Å². The standard InChI is InChI=1S/C10H19N3S/c1-9(3-2-4-11)5-12-6-10-7-13-8-14-10/h7-9,12H,2-6,11H2,1H3. The van der Waals surface area contributed by atoms with Crippen molar-refractivity contribution in [1.82, 2.24) is 10.3 Å². The summed E-state index contributed by atoms with van der Waals surface area (Å²) in [4.78, 5) is 5.33. The van der Waals surface area contributed by atoms with Crippen LogP contribution in [-0.2, 0) is 6.54 Å². The van der Waals surface area contributed by atoms with Crippen LogP contribution in [0, 0.1) is 5.92 Å². The monoisotopic (exact) mass is 213 g/mol. The number of nitrogens with one attached hydrogen (secondary N) is 1. The fourth-order valence-electron chi connectivity index (χ4n) is 1.34. The first-order valence-corrected chi connectivity index (χ1v) is 5.99. The van der Waals surface area contributed by atoms with Crippen molar-refractivity contribution in [2.24, 2.45) is 11.7 Å². The summed E-state index contributed by atoms with van der Waals surface area (Å²) >= 11 is 1.70. The molecule has 14 heavy (non-hydrogen) atoms. The van der Waals surface area contributed by atoms with Crippen molar-refractivity contribution >= 4 is 11.3 Å². The largest absolute Gasteiger partial charge is 0.330 e. The Morgan fingerprint density at radius 1 is 1.64 bits per heavy atom. The molecule has 0 radical (unpaired) electrons. The van der Waals surface area contributed by atoms with Gasteiger partial charge in [-0.15, -0.1) is 11.3 Å². The van der Waals surface area contributed by atoms with Gasteiger partial charge < -0.3 is 11.1 Å². The molecule has 3 nitrogen and oxygen atoms in total. The topological polar surface area (TPSA) is 50.9 Å². The van der Waals surface area contributed by atoms with Crippen molar-refractivity contribution in [3.63, 3.8) is 0 Å². The molecule has 0 aliphatic carbocycles. The molecule has 0 saturated heterocycles. The van der Waals surface area contributed by atoms with E-state index in [9.17, 15) is 0 Å². The maximum atomic E-state index is 5.46. The average Bonchev–Trinajstić information content (AvgIpc) is 2.67. The van der Waals surface area contributed by atoms with E-state index in [0.29, 0.717) is 5.92 Å². The molecule has 1 heterocycles. The number of aromatic nitrogens is 1. The van der Waals surface area contributed by atoms with Crippen LogP contribution in [0.25, 0.3) is 0 Å². The minimum Gasteiger partial charge on any atom is -0.330 e. The summed E-state index contributed by atoms with van der Waals surface area (Å²) in [6.07, 6.45) is 4.26. The van der Waals surface area contributed by atoms with E-state index in [4.69, 9.17) is 5.73 Å². The third-order valence-electron chi connectivity index (χ3n) is 2.18. The van der Waals surface area contributed by atoms with Crippen LogP contribution in [0.2, 0.25) is 0 Å². The third kappa shape index (κ3) is 4.69. The predicted molar refractivity (Wildman–Crippen MR) is 61.3 cm³/mol. The van der Waals surface area contributed by atoms with Gasteiger partial charge in [0.05, 0.1) is 5.51 Å². The number of thiazole rings is 1. The summed E-state index contributed by atoms with van der Waals surface area (Å²) in [5.74, 6) is 0.714. The molecule has 1 unspecified atom stereocenters. The van der Waals surface area contributed by atoms with Gasteiger partial charge in [0, 0.05) is 17.6 Å². The zero-order valence-electron chi connectivity index (χ0n) is 8.70. The van der Waals surface area contributed by atoms with Crippen LogP contribution >= 0.6 is 11.3 Å². The first-order valence-electron chi connectivity index (χ1n) is 5.11. The van der Waals surface area contributed by atoms with Gasteiger partial charge in [-0.2, -0.15) is 0 Å². The van der Waals surface area contributed by atoms with Crippen LogP contribution in [-0.4, -0.2) is 18.1 Å². The fourth-order valence-corrected chi connectivity index (χ4v) is 1.90. The molecule has 0 aliphatic heterocycles. The maximum absolute atomic E-state index is 5.46. The van der Waals surface area contributed by atoms with Gasteiger partial charge in [-0.3, -0.25) is 4.98 Å². The second kappa shape index (κ2) is 6.92. The van der Waals surface area contributed by atoms with E-state index in [0.717, 1.165) is 26.1 Å². The highest BCUT2D eigenvalue weighted by Crippen LogP contribution is 2.06. The molecule has 0 fully saturated rings. The molecule has 1 aromatic rings. The van der Waals surface area contributed by atoms with Crippen molar-refractivity contribution in [1.29, 1.82) is 0 Å². The molecular weight excluding hydrogens is 194 g/mol. The lowest BCUT2D eigenvalue weighted by Gasteiger charge is -2.10. The Bertz CT molecular complexity index is 223. The van der Waals surface area contributed by atoms with E-state index in [1.54, 1.807) is 11.3 Å². The Balaban J connectivity index is 2.03. The minimum atomic E-state index is 0.714. The van der Waals surface area contributed by atoms with Crippen LogP contribution in [0.15, 0.2) is 11.7 Å². The molecule has 0 aromatic carbocycles. The van der Waals surface area contributed by atoms with E-state index < -0.39 is 0 Å².